The third-order valence-corrected chi connectivity index (χ3v) is 5.64. The van der Waals surface area contributed by atoms with E-state index in [9.17, 15) is 8.42 Å². The maximum absolute atomic E-state index is 13.1. The Morgan fingerprint density at radius 1 is 1.09 bits per heavy atom. The van der Waals surface area contributed by atoms with Crippen molar-refractivity contribution in [3.63, 3.8) is 0 Å². The summed E-state index contributed by atoms with van der Waals surface area (Å²) in [5.41, 5.74) is -0.0727. The maximum atomic E-state index is 13.1. The molecule has 1 heterocycles. The molecule has 6 heteroatoms. The van der Waals surface area contributed by atoms with E-state index >= 15 is 0 Å². The third kappa shape index (κ3) is 2.58. The van der Waals surface area contributed by atoms with Gasteiger partial charge in [0.2, 0.25) is 10.0 Å². The molecule has 2 aromatic carbocycles. The summed E-state index contributed by atoms with van der Waals surface area (Å²) in [6.45, 7) is -4.84. The Morgan fingerprint density at radius 3 is 2.50 bits per heavy atom. The highest BCUT2D eigenvalue weighted by Gasteiger charge is 2.28. The van der Waals surface area contributed by atoms with E-state index in [1.165, 1.54) is 34.6 Å². The lowest BCUT2D eigenvalue weighted by atomic mass is 10.1. The van der Waals surface area contributed by atoms with E-state index in [2.05, 4.69) is 0 Å². The molecule has 0 amide bonds. The number of rotatable bonds is 3. The standard InChI is InChI=1S/C16H20N2O3S/c1-17(2)15-7-3-6-14-13(15)5-4-8-16(14)22(19,20)18-9-11-21-12-10-18/h3-8H,9-12H2,1-2H3/i1D3,2D3. The van der Waals surface area contributed by atoms with Crippen LogP contribution in [0.1, 0.15) is 8.22 Å². The average Bonchev–Trinajstić information content (AvgIpc) is 2.60. The molecule has 22 heavy (non-hydrogen) atoms. The lowest BCUT2D eigenvalue weighted by Crippen LogP contribution is -2.40. The quantitative estimate of drug-likeness (QED) is 0.865. The highest BCUT2D eigenvalue weighted by molar-refractivity contribution is 7.89. The topological polar surface area (TPSA) is 49.9 Å². The van der Waals surface area contributed by atoms with Crippen LogP contribution in [-0.2, 0) is 14.8 Å². The van der Waals surface area contributed by atoms with Crippen LogP contribution >= 0.6 is 0 Å². The van der Waals surface area contributed by atoms with Gasteiger partial charge in [0, 0.05) is 51.7 Å². The zero-order chi connectivity index (χ0) is 20.7. The molecule has 1 saturated heterocycles. The van der Waals surface area contributed by atoms with E-state index in [0.29, 0.717) is 18.1 Å². The van der Waals surface area contributed by atoms with Gasteiger partial charge in [-0.15, -0.1) is 0 Å². The molecule has 0 bridgehead atoms. The van der Waals surface area contributed by atoms with E-state index in [-0.39, 0.29) is 34.4 Å². The van der Waals surface area contributed by atoms with Crippen molar-refractivity contribution < 1.29 is 21.4 Å². The van der Waals surface area contributed by atoms with Crippen LogP contribution in [0.4, 0.5) is 5.69 Å². The smallest absolute Gasteiger partial charge is 0.243 e. The number of hydrogen-bond acceptors (Lipinski definition) is 4. The predicted octanol–water partition coefficient (Wildman–Crippen LogP) is 1.93. The first kappa shape index (κ1) is 9.50. The zero-order valence-corrected chi connectivity index (χ0v) is 12.6. The molecular weight excluding hydrogens is 300 g/mol. The molecule has 5 nitrogen and oxygen atoms in total. The van der Waals surface area contributed by atoms with Crippen molar-refractivity contribution in [1.82, 2.24) is 4.31 Å². The monoisotopic (exact) mass is 326 g/mol. The third-order valence-electron chi connectivity index (χ3n) is 3.69. The normalized spacial score (nSPS) is 22.0. The molecule has 1 fully saturated rings. The molecule has 2 aromatic rings. The van der Waals surface area contributed by atoms with E-state index in [0.717, 1.165) is 0 Å². The lowest BCUT2D eigenvalue weighted by Gasteiger charge is -2.27. The van der Waals surface area contributed by atoms with Crippen LogP contribution in [0.15, 0.2) is 41.3 Å². The van der Waals surface area contributed by atoms with Crippen LogP contribution < -0.4 is 4.90 Å². The lowest BCUT2D eigenvalue weighted by molar-refractivity contribution is 0.0730. The Kier molecular flexibility index (Phi) is 2.53. The van der Waals surface area contributed by atoms with Crippen LogP contribution in [0.3, 0.4) is 0 Å². The first-order valence-corrected chi connectivity index (χ1v) is 8.28. The van der Waals surface area contributed by atoms with Gasteiger partial charge in [-0.3, -0.25) is 0 Å². The Balaban J connectivity index is 2.22. The van der Waals surface area contributed by atoms with Gasteiger partial charge in [-0.25, -0.2) is 8.42 Å². The SMILES string of the molecule is [2H]C([2H])([2H])N(c1cccc2c(S(=O)(=O)N3CCOCC3)cccc12)C([2H])([2H])[2H]. The van der Waals surface area contributed by atoms with Gasteiger partial charge in [-0.1, -0.05) is 24.3 Å². The van der Waals surface area contributed by atoms with Crippen LogP contribution in [-0.4, -0.2) is 53.0 Å². The summed E-state index contributed by atoms with van der Waals surface area (Å²) in [5.74, 6) is 0. The van der Waals surface area contributed by atoms with Gasteiger partial charge in [-0.05, 0) is 12.1 Å². The number of fused-ring (bicyclic) bond motifs is 1. The van der Waals surface area contributed by atoms with Crippen LogP contribution in [0.5, 0.6) is 0 Å². The van der Waals surface area contributed by atoms with Crippen LogP contribution in [0, 0.1) is 0 Å². The number of nitrogens with zero attached hydrogens (tertiary/aromatic N) is 2. The van der Waals surface area contributed by atoms with E-state index < -0.39 is 24.0 Å². The van der Waals surface area contributed by atoms with Crippen molar-refractivity contribution in [2.24, 2.45) is 0 Å². The summed E-state index contributed by atoms with van der Waals surface area (Å²) in [7, 11) is -3.85. The zero-order valence-electron chi connectivity index (χ0n) is 17.8. The Labute approximate surface area is 139 Å². The van der Waals surface area contributed by atoms with Crippen molar-refractivity contribution in [2.75, 3.05) is 45.2 Å². The largest absolute Gasteiger partial charge is 0.379 e. The highest BCUT2D eigenvalue weighted by atomic mass is 32.2. The number of hydrogen-bond donors (Lipinski definition) is 0. The Hall–Kier alpha value is -1.63. The summed E-state index contributed by atoms with van der Waals surface area (Å²) in [6.07, 6.45) is 0. The Bertz CT molecular complexity index is 954. The number of morpholine rings is 1. The molecule has 0 unspecified atom stereocenters. The molecule has 0 radical (unpaired) electrons. The van der Waals surface area contributed by atoms with Crippen molar-refractivity contribution in [1.29, 1.82) is 0 Å². The maximum Gasteiger partial charge on any atom is 0.243 e. The van der Waals surface area contributed by atoms with Gasteiger partial charge in [0.05, 0.1) is 18.1 Å². The van der Waals surface area contributed by atoms with E-state index in [4.69, 9.17) is 13.0 Å². The number of benzene rings is 2. The van der Waals surface area contributed by atoms with E-state index in [1.807, 2.05) is 0 Å². The first-order chi connectivity index (χ1) is 12.9. The minimum atomic E-state index is -3.85. The molecule has 0 aromatic heterocycles. The summed E-state index contributed by atoms with van der Waals surface area (Å²) in [5, 5.41) is 0.508. The fraction of sp³-hybridized carbons (Fsp3) is 0.375. The van der Waals surface area contributed by atoms with Gasteiger partial charge >= 0.3 is 0 Å². The van der Waals surface area contributed by atoms with Gasteiger partial charge in [0.1, 0.15) is 0 Å². The average molecular weight is 326 g/mol. The Morgan fingerprint density at radius 2 is 1.77 bits per heavy atom. The van der Waals surface area contributed by atoms with Crippen LogP contribution in [0.25, 0.3) is 10.8 Å². The second kappa shape index (κ2) is 5.87. The molecule has 0 aliphatic carbocycles. The summed E-state index contributed by atoms with van der Waals surface area (Å²) in [4.78, 5) is 0.373. The van der Waals surface area contributed by atoms with Gasteiger partial charge < -0.3 is 9.64 Å². The molecule has 118 valence electrons. The summed E-state index contributed by atoms with van der Waals surface area (Å²) in [6, 6.07) is 8.81. The minimum Gasteiger partial charge on any atom is -0.379 e. The number of ether oxygens (including phenoxy) is 1. The van der Waals surface area contributed by atoms with Crippen molar-refractivity contribution >= 4 is 26.5 Å². The molecular formula is C16H20N2O3S. The molecule has 1 aliphatic rings. The highest BCUT2D eigenvalue weighted by Crippen LogP contribution is 2.31. The van der Waals surface area contributed by atoms with E-state index in [1.54, 1.807) is 6.07 Å². The second-order valence-corrected chi connectivity index (χ2v) is 6.89. The minimum absolute atomic E-state index is 0.00443. The molecule has 0 N–H and O–H groups in total. The fourth-order valence-electron chi connectivity index (χ4n) is 2.61. The molecule has 1 aliphatic heterocycles. The van der Waals surface area contributed by atoms with Crippen molar-refractivity contribution in [2.45, 2.75) is 4.90 Å². The summed E-state index contributed by atoms with van der Waals surface area (Å²) >= 11 is 0. The van der Waals surface area contributed by atoms with Gasteiger partial charge in [0.25, 0.3) is 0 Å². The molecule has 0 spiro atoms. The number of anilines is 1. The summed E-state index contributed by atoms with van der Waals surface area (Å²) < 4.78 is 78.7. The first-order valence-electron chi connectivity index (χ1n) is 9.84. The van der Waals surface area contributed by atoms with Gasteiger partial charge in [-0.2, -0.15) is 4.31 Å². The molecule has 0 atom stereocenters. The predicted molar refractivity (Wildman–Crippen MR) is 87.9 cm³/mol. The fourth-order valence-corrected chi connectivity index (χ4v) is 4.22. The molecule has 0 saturated carbocycles. The van der Waals surface area contributed by atoms with Gasteiger partial charge in [0.15, 0.2) is 0 Å². The second-order valence-electron chi connectivity index (χ2n) is 4.98. The number of sulfonamides is 1. The van der Waals surface area contributed by atoms with Crippen molar-refractivity contribution in [3.05, 3.63) is 36.4 Å². The van der Waals surface area contributed by atoms with Crippen molar-refractivity contribution in [3.8, 4) is 0 Å². The van der Waals surface area contributed by atoms with Crippen LogP contribution in [0.2, 0.25) is 0 Å². The molecule has 3 rings (SSSR count).